The molecule has 0 saturated carbocycles. The number of amides is 2. The van der Waals surface area contributed by atoms with Gasteiger partial charge < -0.3 is 10.2 Å². The van der Waals surface area contributed by atoms with Crippen molar-refractivity contribution in [2.75, 3.05) is 32.7 Å². The molecule has 188 valence electrons. The Kier molecular flexibility index (Phi) is 8.95. The van der Waals surface area contributed by atoms with Crippen LogP contribution in [0.3, 0.4) is 0 Å². The Bertz CT molecular complexity index is 1030. The van der Waals surface area contributed by atoms with Crippen molar-refractivity contribution < 1.29 is 14.0 Å². The van der Waals surface area contributed by atoms with Gasteiger partial charge in [0.15, 0.2) is 5.82 Å². The van der Waals surface area contributed by atoms with Crippen LogP contribution in [0, 0.1) is 11.7 Å². The molecule has 34 heavy (non-hydrogen) atoms. The molecule has 3 aliphatic heterocycles. The summed E-state index contributed by atoms with van der Waals surface area (Å²) in [6.07, 6.45) is 5.12. The largest absolute Gasteiger partial charge is 0.317 e. The predicted molar refractivity (Wildman–Crippen MR) is 134 cm³/mol. The van der Waals surface area contributed by atoms with Crippen LogP contribution in [0.5, 0.6) is 0 Å². The number of carbonyl (C=O) groups excluding carboxylic acids is 2. The number of benzene rings is 1. The van der Waals surface area contributed by atoms with Crippen LogP contribution in [0.15, 0.2) is 12.1 Å². The molecular formula is C24H34Cl2FN5O2. The van der Waals surface area contributed by atoms with Crippen LogP contribution in [-0.4, -0.2) is 59.2 Å². The lowest BCUT2D eigenvalue weighted by Crippen LogP contribution is -2.40. The number of nitrogens with one attached hydrogen (secondary N) is 2. The molecule has 1 atom stereocenters. The molecule has 1 aromatic heterocycles. The van der Waals surface area contributed by atoms with Crippen LogP contribution in [0.2, 0.25) is 0 Å². The summed E-state index contributed by atoms with van der Waals surface area (Å²) in [4.78, 5) is 26.4. The number of nitrogens with zero attached hydrogens (tertiary/aromatic N) is 3. The van der Waals surface area contributed by atoms with Gasteiger partial charge in [0.2, 0.25) is 11.8 Å². The molecule has 4 heterocycles. The zero-order valence-electron chi connectivity index (χ0n) is 19.5. The summed E-state index contributed by atoms with van der Waals surface area (Å²) in [5, 5.41) is 11.0. The monoisotopic (exact) mass is 513 g/mol. The number of aryl methyl sites for hydroxylation is 1. The van der Waals surface area contributed by atoms with Crippen LogP contribution in [0.1, 0.15) is 61.6 Å². The lowest BCUT2D eigenvalue weighted by Gasteiger charge is -2.35. The minimum atomic E-state index is -0.514. The van der Waals surface area contributed by atoms with E-state index in [1.165, 1.54) is 12.8 Å². The first-order valence-electron chi connectivity index (χ1n) is 11.9. The summed E-state index contributed by atoms with van der Waals surface area (Å²) in [6.45, 7) is 5.43. The lowest BCUT2D eigenvalue weighted by atomic mass is 9.86. The number of imide groups is 1. The number of fused-ring (bicyclic) bond motifs is 1. The highest BCUT2D eigenvalue weighted by Gasteiger charge is 2.33. The fraction of sp³-hybridized carbons (Fsp3) is 0.625. The first-order valence-corrected chi connectivity index (χ1v) is 11.9. The van der Waals surface area contributed by atoms with Crippen molar-refractivity contribution >= 4 is 47.5 Å². The second kappa shape index (κ2) is 11.3. The second-order valence-corrected chi connectivity index (χ2v) is 9.65. The summed E-state index contributed by atoms with van der Waals surface area (Å²) in [7, 11) is 1.73. The molecule has 3 fully saturated rings. The average molecular weight is 514 g/mol. The van der Waals surface area contributed by atoms with E-state index in [-0.39, 0.29) is 54.8 Å². The van der Waals surface area contributed by atoms with Crippen LogP contribution in [0.4, 0.5) is 4.39 Å². The molecule has 1 unspecified atom stereocenters. The molecule has 1 aromatic carbocycles. The van der Waals surface area contributed by atoms with Gasteiger partial charge >= 0.3 is 0 Å². The normalized spacial score (nSPS) is 22.8. The van der Waals surface area contributed by atoms with Crippen molar-refractivity contribution in [3.63, 3.8) is 0 Å². The van der Waals surface area contributed by atoms with E-state index >= 15 is 4.39 Å². The first kappa shape index (κ1) is 26.9. The van der Waals surface area contributed by atoms with Gasteiger partial charge in [0.1, 0.15) is 5.52 Å². The SMILES string of the molecule is Cl.Cl.Cn1nc(C2CCC(=O)NC2=O)c2ccc(C3CCN(CC4CCNCC4)CC3)c(F)c21. The van der Waals surface area contributed by atoms with Crippen molar-refractivity contribution in [1.29, 1.82) is 0 Å². The van der Waals surface area contributed by atoms with Gasteiger partial charge in [0, 0.05) is 25.4 Å². The Morgan fingerprint density at radius 2 is 1.76 bits per heavy atom. The van der Waals surface area contributed by atoms with Crippen molar-refractivity contribution in [2.45, 2.75) is 50.4 Å². The number of carbonyl (C=O) groups is 2. The van der Waals surface area contributed by atoms with Gasteiger partial charge in [-0.3, -0.25) is 19.6 Å². The lowest BCUT2D eigenvalue weighted by molar-refractivity contribution is -0.134. The van der Waals surface area contributed by atoms with E-state index in [0.717, 1.165) is 57.0 Å². The van der Waals surface area contributed by atoms with E-state index in [4.69, 9.17) is 0 Å². The highest BCUT2D eigenvalue weighted by molar-refractivity contribution is 6.02. The fourth-order valence-electron chi connectivity index (χ4n) is 5.75. The van der Waals surface area contributed by atoms with E-state index in [2.05, 4.69) is 20.6 Å². The maximum absolute atomic E-state index is 15.7. The summed E-state index contributed by atoms with van der Waals surface area (Å²) in [6, 6.07) is 3.81. The quantitative estimate of drug-likeness (QED) is 0.613. The Hall–Kier alpha value is -1.74. The Labute approximate surface area is 212 Å². The van der Waals surface area contributed by atoms with Gasteiger partial charge in [-0.25, -0.2) is 4.39 Å². The van der Waals surface area contributed by atoms with Crippen LogP contribution in [-0.2, 0) is 16.6 Å². The first-order chi connectivity index (χ1) is 15.5. The van der Waals surface area contributed by atoms with Gasteiger partial charge in [-0.2, -0.15) is 5.10 Å². The number of hydrogen-bond acceptors (Lipinski definition) is 5. The highest BCUT2D eigenvalue weighted by Crippen LogP contribution is 2.36. The minimum Gasteiger partial charge on any atom is -0.317 e. The molecule has 0 spiro atoms. The summed E-state index contributed by atoms with van der Waals surface area (Å²) in [5.41, 5.74) is 1.78. The molecule has 7 nitrogen and oxygen atoms in total. The summed E-state index contributed by atoms with van der Waals surface area (Å²) >= 11 is 0. The van der Waals surface area contributed by atoms with E-state index in [9.17, 15) is 9.59 Å². The molecule has 2 amide bonds. The molecule has 5 rings (SSSR count). The number of halogens is 3. The fourth-order valence-corrected chi connectivity index (χ4v) is 5.75. The highest BCUT2D eigenvalue weighted by atomic mass is 35.5. The van der Waals surface area contributed by atoms with Crippen LogP contribution < -0.4 is 10.6 Å². The van der Waals surface area contributed by atoms with Gasteiger partial charge in [0.25, 0.3) is 0 Å². The smallest absolute Gasteiger partial charge is 0.235 e. The zero-order valence-corrected chi connectivity index (χ0v) is 21.2. The van der Waals surface area contributed by atoms with Gasteiger partial charge in [-0.05, 0) is 75.7 Å². The molecule has 3 aliphatic rings. The van der Waals surface area contributed by atoms with Crippen molar-refractivity contribution in [2.24, 2.45) is 13.0 Å². The molecule has 2 aromatic rings. The minimum absolute atomic E-state index is 0. The number of rotatable bonds is 4. The molecule has 0 bridgehead atoms. The van der Waals surface area contributed by atoms with E-state index < -0.39 is 5.92 Å². The van der Waals surface area contributed by atoms with Crippen molar-refractivity contribution in [3.05, 3.63) is 29.2 Å². The van der Waals surface area contributed by atoms with E-state index in [1.54, 1.807) is 11.7 Å². The average Bonchev–Trinajstić information content (AvgIpc) is 3.12. The number of likely N-dealkylation sites (tertiary alicyclic amines) is 1. The molecular weight excluding hydrogens is 480 g/mol. The van der Waals surface area contributed by atoms with Crippen LogP contribution in [0.25, 0.3) is 10.9 Å². The van der Waals surface area contributed by atoms with E-state index in [0.29, 0.717) is 23.0 Å². The van der Waals surface area contributed by atoms with Gasteiger partial charge in [-0.1, -0.05) is 12.1 Å². The van der Waals surface area contributed by atoms with Gasteiger partial charge in [-0.15, -0.1) is 24.8 Å². The van der Waals surface area contributed by atoms with Crippen LogP contribution >= 0.6 is 24.8 Å². The predicted octanol–water partition coefficient (Wildman–Crippen LogP) is 3.26. The number of aromatic nitrogens is 2. The Morgan fingerprint density at radius 1 is 1.06 bits per heavy atom. The zero-order chi connectivity index (χ0) is 22.2. The number of hydrogen-bond donors (Lipinski definition) is 2. The summed E-state index contributed by atoms with van der Waals surface area (Å²) in [5.74, 6) is -0.343. The standard InChI is InChI=1S/C24H32FN5O2.2ClH/c1-29-23-18(22(28-29)19-4-5-20(31)27-24(19)32)3-2-17(21(23)25)16-8-12-30(13-9-16)14-15-6-10-26-11-7-15;;/h2-3,15-16,19,26H,4-14H2,1H3,(H,27,31,32);2*1H. The third-order valence-corrected chi connectivity index (χ3v) is 7.58. The molecule has 0 aliphatic carbocycles. The Morgan fingerprint density at radius 3 is 2.44 bits per heavy atom. The number of piperidine rings is 3. The summed E-state index contributed by atoms with van der Waals surface area (Å²) < 4.78 is 17.2. The molecule has 3 saturated heterocycles. The third kappa shape index (κ3) is 5.25. The topological polar surface area (TPSA) is 79.3 Å². The maximum atomic E-state index is 15.7. The third-order valence-electron chi connectivity index (χ3n) is 7.58. The van der Waals surface area contributed by atoms with Crippen molar-refractivity contribution in [1.82, 2.24) is 25.3 Å². The molecule has 2 N–H and O–H groups in total. The van der Waals surface area contributed by atoms with E-state index in [1.807, 2.05) is 12.1 Å². The van der Waals surface area contributed by atoms with Crippen molar-refractivity contribution in [3.8, 4) is 0 Å². The maximum Gasteiger partial charge on any atom is 0.235 e. The van der Waals surface area contributed by atoms with Gasteiger partial charge in [0.05, 0.1) is 11.6 Å². The molecule has 0 radical (unpaired) electrons. The molecule has 10 heteroatoms. The second-order valence-electron chi connectivity index (χ2n) is 9.65. The Balaban J connectivity index is 0.00000162.